The fraction of sp³-hybridized carbons (Fsp3) is 0.455. The van der Waals surface area contributed by atoms with Gasteiger partial charge in [0.15, 0.2) is 11.5 Å². The first-order chi connectivity index (χ1) is 7.22. The smallest absolute Gasteiger partial charge is 0.163 e. The summed E-state index contributed by atoms with van der Waals surface area (Å²) in [7, 11) is 1.42. The van der Waals surface area contributed by atoms with Crippen molar-refractivity contribution in [2.24, 2.45) is 0 Å². The summed E-state index contributed by atoms with van der Waals surface area (Å²) in [6, 6.07) is 2.59. The van der Waals surface area contributed by atoms with Crippen LogP contribution in [0, 0.1) is 5.82 Å². The van der Waals surface area contributed by atoms with Crippen molar-refractivity contribution in [1.82, 2.24) is 5.32 Å². The van der Waals surface area contributed by atoms with Crippen molar-refractivity contribution < 1.29 is 14.2 Å². The summed E-state index contributed by atoms with van der Waals surface area (Å²) in [6.07, 6.45) is 1.96. The Balaban J connectivity index is 2.40. The predicted octanol–water partition coefficient (Wildman–Crippen LogP) is 1.96. The molecule has 0 saturated carbocycles. The molecule has 1 aliphatic rings. The van der Waals surface area contributed by atoms with Crippen molar-refractivity contribution >= 4 is 0 Å². The Kier molecular flexibility index (Phi) is 2.77. The Hall–Kier alpha value is -1.29. The molecule has 0 spiro atoms. The highest BCUT2D eigenvalue weighted by atomic mass is 19.1. The Bertz CT molecular complexity index is 362. The molecule has 1 heterocycles. The molecule has 0 aromatic heterocycles. The minimum atomic E-state index is -0.381. The molecule has 1 aromatic carbocycles. The quantitative estimate of drug-likeness (QED) is 0.785. The maximum absolute atomic E-state index is 13.2. The molecule has 1 saturated heterocycles. The highest BCUT2D eigenvalue weighted by molar-refractivity contribution is 5.47. The molecular weight excluding hydrogens is 197 g/mol. The van der Waals surface area contributed by atoms with Crippen LogP contribution < -0.4 is 10.1 Å². The monoisotopic (exact) mass is 211 g/mol. The molecule has 1 atom stereocenters. The second-order valence-electron chi connectivity index (χ2n) is 3.69. The van der Waals surface area contributed by atoms with Crippen molar-refractivity contribution in [3.8, 4) is 11.5 Å². The SMILES string of the molecule is COc1cc(F)cc([C@@H]2CCCN2)c1O. The van der Waals surface area contributed by atoms with Crippen LogP contribution in [-0.2, 0) is 0 Å². The number of methoxy groups -OCH3 is 1. The summed E-state index contributed by atoms with van der Waals surface area (Å²) in [6.45, 7) is 0.906. The topological polar surface area (TPSA) is 41.5 Å². The molecule has 2 N–H and O–H groups in total. The molecule has 82 valence electrons. The van der Waals surface area contributed by atoms with Gasteiger partial charge in [-0.25, -0.2) is 4.39 Å². The van der Waals surface area contributed by atoms with Gasteiger partial charge in [0.1, 0.15) is 5.82 Å². The van der Waals surface area contributed by atoms with Gasteiger partial charge in [-0.15, -0.1) is 0 Å². The van der Waals surface area contributed by atoms with Crippen molar-refractivity contribution in [3.63, 3.8) is 0 Å². The highest BCUT2D eigenvalue weighted by Crippen LogP contribution is 2.37. The molecule has 0 radical (unpaired) electrons. The van der Waals surface area contributed by atoms with Crippen LogP contribution >= 0.6 is 0 Å². The van der Waals surface area contributed by atoms with E-state index in [0.29, 0.717) is 5.56 Å². The van der Waals surface area contributed by atoms with Gasteiger partial charge in [0.25, 0.3) is 0 Å². The molecule has 4 heteroatoms. The molecule has 0 amide bonds. The predicted molar refractivity (Wildman–Crippen MR) is 54.6 cm³/mol. The number of phenols is 1. The van der Waals surface area contributed by atoms with Crippen LogP contribution in [0.15, 0.2) is 12.1 Å². The molecule has 0 bridgehead atoms. The molecule has 3 nitrogen and oxygen atoms in total. The van der Waals surface area contributed by atoms with E-state index in [0.717, 1.165) is 19.4 Å². The minimum absolute atomic E-state index is 0.0367. The van der Waals surface area contributed by atoms with Crippen LogP contribution in [0.4, 0.5) is 4.39 Å². The largest absolute Gasteiger partial charge is 0.504 e. The first kappa shape index (κ1) is 10.2. The van der Waals surface area contributed by atoms with Crippen molar-refractivity contribution in [2.45, 2.75) is 18.9 Å². The number of aromatic hydroxyl groups is 1. The summed E-state index contributed by atoms with van der Waals surface area (Å²) in [5.41, 5.74) is 0.587. The number of ether oxygens (including phenoxy) is 1. The average molecular weight is 211 g/mol. The number of benzene rings is 1. The number of phenolic OH excluding ortho intramolecular Hbond substituents is 1. The molecule has 1 aliphatic heterocycles. The zero-order chi connectivity index (χ0) is 10.8. The maximum Gasteiger partial charge on any atom is 0.163 e. The maximum atomic E-state index is 13.2. The van der Waals surface area contributed by atoms with E-state index < -0.39 is 0 Å². The minimum Gasteiger partial charge on any atom is -0.504 e. The van der Waals surface area contributed by atoms with Gasteiger partial charge in [0.05, 0.1) is 7.11 Å². The highest BCUT2D eigenvalue weighted by Gasteiger charge is 2.22. The van der Waals surface area contributed by atoms with Crippen LogP contribution in [0.1, 0.15) is 24.4 Å². The van der Waals surface area contributed by atoms with Gasteiger partial charge in [-0.05, 0) is 25.5 Å². The van der Waals surface area contributed by atoms with Crippen LogP contribution in [0.2, 0.25) is 0 Å². The average Bonchev–Trinajstić information content (AvgIpc) is 2.74. The van der Waals surface area contributed by atoms with Gasteiger partial charge in [0.2, 0.25) is 0 Å². The lowest BCUT2D eigenvalue weighted by Gasteiger charge is -2.14. The van der Waals surface area contributed by atoms with Crippen LogP contribution in [0.3, 0.4) is 0 Å². The third kappa shape index (κ3) is 1.90. The van der Waals surface area contributed by atoms with Crippen molar-refractivity contribution in [1.29, 1.82) is 0 Å². The lowest BCUT2D eigenvalue weighted by atomic mass is 10.0. The van der Waals surface area contributed by atoms with Gasteiger partial charge in [0, 0.05) is 17.7 Å². The fourth-order valence-corrected chi connectivity index (χ4v) is 1.97. The van der Waals surface area contributed by atoms with Crippen molar-refractivity contribution in [3.05, 3.63) is 23.5 Å². The number of nitrogens with one attached hydrogen (secondary N) is 1. The summed E-state index contributed by atoms with van der Waals surface area (Å²) in [5.74, 6) is -0.148. The standard InChI is InChI=1S/C11H14FNO2/c1-15-10-6-7(12)5-8(11(10)14)9-3-2-4-13-9/h5-6,9,13-14H,2-4H2,1H3/t9-/m0/s1. The number of hydrogen-bond donors (Lipinski definition) is 2. The zero-order valence-electron chi connectivity index (χ0n) is 8.59. The van der Waals surface area contributed by atoms with E-state index in [1.54, 1.807) is 0 Å². The molecule has 2 rings (SSSR count). The molecule has 15 heavy (non-hydrogen) atoms. The Morgan fingerprint density at radius 3 is 2.93 bits per heavy atom. The number of rotatable bonds is 2. The van der Waals surface area contributed by atoms with E-state index in [1.807, 2.05) is 0 Å². The zero-order valence-corrected chi connectivity index (χ0v) is 8.59. The van der Waals surface area contributed by atoms with Gasteiger partial charge in [-0.1, -0.05) is 0 Å². The summed E-state index contributed by atoms with van der Waals surface area (Å²) < 4.78 is 18.1. The second-order valence-corrected chi connectivity index (χ2v) is 3.69. The van der Waals surface area contributed by atoms with Gasteiger partial charge < -0.3 is 15.2 Å². The molecule has 1 fully saturated rings. The third-order valence-electron chi connectivity index (χ3n) is 2.72. The summed E-state index contributed by atoms with van der Waals surface area (Å²) >= 11 is 0. The van der Waals surface area contributed by atoms with Gasteiger partial charge in [-0.2, -0.15) is 0 Å². The number of halogens is 1. The normalized spacial score (nSPS) is 20.5. The van der Waals surface area contributed by atoms with E-state index >= 15 is 0 Å². The molecule has 0 unspecified atom stereocenters. The summed E-state index contributed by atoms with van der Waals surface area (Å²) in [5, 5.41) is 13.1. The number of hydrogen-bond acceptors (Lipinski definition) is 3. The van der Waals surface area contributed by atoms with E-state index in [4.69, 9.17) is 4.74 Å². The second kappa shape index (κ2) is 4.06. The van der Waals surface area contributed by atoms with E-state index in [-0.39, 0.29) is 23.4 Å². The van der Waals surface area contributed by atoms with Crippen LogP contribution in [0.25, 0.3) is 0 Å². The van der Waals surface area contributed by atoms with E-state index in [9.17, 15) is 9.50 Å². The Labute approximate surface area is 87.9 Å². The lowest BCUT2D eigenvalue weighted by Crippen LogP contribution is -2.13. The van der Waals surface area contributed by atoms with E-state index in [1.165, 1.54) is 19.2 Å². The Morgan fingerprint density at radius 1 is 1.53 bits per heavy atom. The van der Waals surface area contributed by atoms with Gasteiger partial charge in [-0.3, -0.25) is 0 Å². The van der Waals surface area contributed by atoms with E-state index in [2.05, 4.69) is 5.32 Å². The van der Waals surface area contributed by atoms with Crippen molar-refractivity contribution in [2.75, 3.05) is 13.7 Å². The fourth-order valence-electron chi connectivity index (χ4n) is 1.97. The first-order valence-electron chi connectivity index (χ1n) is 5.02. The van der Waals surface area contributed by atoms with Gasteiger partial charge >= 0.3 is 0 Å². The molecule has 1 aromatic rings. The molecule has 0 aliphatic carbocycles. The third-order valence-corrected chi connectivity index (χ3v) is 2.72. The van der Waals surface area contributed by atoms with Crippen LogP contribution in [0.5, 0.6) is 11.5 Å². The molecular formula is C11H14FNO2. The summed E-state index contributed by atoms with van der Waals surface area (Å²) in [4.78, 5) is 0. The first-order valence-corrected chi connectivity index (χ1v) is 5.02. The Morgan fingerprint density at radius 2 is 2.33 bits per heavy atom. The lowest BCUT2D eigenvalue weighted by molar-refractivity contribution is 0.363. The van der Waals surface area contributed by atoms with Crippen LogP contribution in [-0.4, -0.2) is 18.8 Å².